The SMILES string of the molecule is Nc1ccc(Br)cc1.O=[P+]([O-])C(Nc1ccc(Br)cc1)c1ccccc1.[Na+]. The summed E-state index contributed by atoms with van der Waals surface area (Å²) in [5.74, 6) is -0.706. The molecule has 0 radical (unpaired) electrons. The molecule has 0 aromatic heterocycles. The molecule has 2 unspecified atom stereocenters. The molecular weight excluding hydrogens is 502 g/mol. The van der Waals surface area contributed by atoms with Crippen LogP contribution in [-0.4, -0.2) is 0 Å². The van der Waals surface area contributed by atoms with Crippen molar-refractivity contribution in [1.82, 2.24) is 0 Å². The van der Waals surface area contributed by atoms with Crippen molar-refractivity contribution < 1.29 is 39.0 Å². The van der Waals surface area contributed by atoms with Crippen molar-refractivity contribution in [3.63, 3.8) is 0 Å². The van der Waals surface area contributed by atoms with Crippen LogP contribution in [0.4, 0.5) is 11.4 Å². The second-order valence-electron chi connectivity index (χ2n) is 5.30. The van der Waals surface area contributed by atoms with Crippen LogP contribution in [0.25, 0.3) is 0 Å². The minimum Gasteiger partial charge on any atom is -0.594 e. The first-order valence-corrected chi connectivity index (χ1v) is 10.5. The van der Waals surface area contributed by atoms with E-state index in [0.717, 1.165) is 25.9 Å². The summed E-state index contributed by atoms with van der Waals surface area (Å²) in [5, 5.41) is 3.00. The van der Waals surface area contributed by atoms with Gasteiger partial charge in [0.25, 0.3) is 0 Å². The van der Waals surface area contributed by atoms with Crippen molar-refractivity contribution in [2.45, 2.75) is 5.78 Å². The largest absolute Gasteiger partial charge is 1.00 e. The second kappa shape index (κ2) is 12.7. The average Bonchev–Trinajstić information content (AvgIpc) is 2.64. The van der Waals surface area contributed by atoms with Gasteiger partial charge in [-0.05, 0) is 48.5 Å². The number of nitrogen functional groups attached to an aromatic ring is 1. The molecule has 4 nitrogen and oxygen atoms in total. The van der Waals surface area contributed by atoms with E-state index in [4.69, 9.17) is 5.73 Å². The molecule has 3 aromatic carbocycles. The number of nitrogens with one attached hydrogen (secondary N) is 1. The van der Waals surface area contributed by atoms with Crippen molar-refractivity contribution in [3.8, 4) is 0 Å². The summed E-state index contributed by atoms with van der Waals surface area (Å²) < 4.78 is 13.4. The molecule has 27 heavy (non-hydrogen) atoms. The van der Waals surface area contributed by atoms with Gasteiger partial charge in [0.1, 0.15) is 0 Å². The molecule has 0 saturated carbocycles. The van der Waals surface area contributed by atoms with Crippen molar-refractivity contribution in [2.24, 2.45) is 0 Å². The summed E-state index contributed by atoms with van der Waals surface area (Å²) in [6, 6.07) is 24.0. The van der Waals surface area contributed by atoms with Gasteiger partial charge >= 0.3 is 37.6 Å². The monoisotopic (exact) mass is 517 g/mol. The van der Waals surface area contributed by atoms with E-state index in [1.165, 1.54) is 0 Å². The Morgan fingerprint density at radius 2 is 1.33 bits per heavy atom. The number of hydrogen-bond donors (Lipinski definition) is 2. The smallest absolute Gasteiger partial charge is 0.594 e. The Morgan fingerprint density at radius 3 is 1.78 bits per heavy atom. The standard InChI is InChI=1S/C13H11BrNO2P.C6H6BrN.Na/c14-11-6-8-12(9-7-11)15-13(18(16)17)10-4-2-1-3-5-10;7-5-1-3-6(8)4-2-5;/h1-9,13,15H;1-4H,8H2;/q;;+1. The van der Waals surface area contributed by atoms with Gasteiger partial charge in [-0.25, -0.2) is 0 Å². The van der Waals surface area contributed by atoms with Crippen molar-refractivity contribution in [3.05, 3.63) is 93.4 Å². The van der Waals surface area contributed by atoms with Crippen LogP contribution >= 0.6 is 39.9 Å². The number of benzene rings is 3. The van der Waals surface area contributed by atoms with Crippen molar-refractivity contribution in [2.75, 3.05) is 11.1 Å². The summed E-state index contributed by atoms with van der Waals surface area (Å²) in [6.45, 7) is 0. The zero-order valence-electron chi connectivity index (χ0n) is 14.7. The van der Waals surface area contributed by atoms with Gasteiger partial charge in [0.15, 0.2) is 0 Å². The van der Waals surface area contributed by atoms with Gasteiger partial charge in [-0.1, -0.05) is 66.8 Å². The van der Waals surface area contributed by atoms with Gasteiger partial charge < -0.3 is 15.9 Å². The third-order valence-corrected chi connectivity index (χ3v) is 5.25. The molecule has 2 atom stereocenters. The number of hydrogen-bond acceptors (Lipinski definition) is 4. The van der Waals surface area contributed by atoms with Crippen LogP contribution in [0.2, 0.25) is 0 Å². The first kappa shape index (κ1) is 24.3. The summed E-state index contributed by atoms with van der Waals surface area (Å²) in [5.41, 5.74) is 7.71. The summed E-state index contributed by atoms with van der Waals surface area (Å²) in [4.78, 5) is 11.3. The van der Waals surface area contributed by atoms with Crippen LogP contribution in [0.1, 0.15) is 11.3 Å². The quantitative estimate of drug-likeness (QED) is 0.316. The molecule has 0 fully saturated rings. The molecule has 0 amide bonds. The Bertz CT molecular complexity index is 814. The predicted octanol–water partition coefficient (Wildman–Crippen LogP) is 2.70. The van der Waals surface area contributed by atoms with Gasteiger partial charge in [-0.3, -0.25) is 0 Å². The van der Waals surface area contributed by atoms with Crippen LogP contribution in [0.3, 0.4) is 0 Å². The fraction of sp³-hybridized carbons (Fsp3) is 0.0526. The summed E-state index contributed by atoms with van der Waals surface area (Å²) in [7, 11) is -2.59. The minimum atomic E-state index is -2.59. The third-order valence-electron chi connectivity index (χ3n) is 3.34. The van der Waals surface area contributed by atoms with E-state index in [0.29, 0.717) is 0 Å². The summed E-state index contributed by atoms with van der Waals surface area (Å²) in [6.07, 6.45) is 0. The maximum atomic E-state index is 11.3. The van der Waals surface area contributed by atoms with Gasteiger partial charge in [-0.15, -0.1) is 0 Å². The zero-order valence-corrected chi connectivity index (χ0v) is 20.7. The average molecular weight is 519 g/mol. The number of nitrogens with two attached hydrogens (primary N) is 1. The molecule has 8 heteroatoms. The molecular formula is C19H17Br2N2NaO2P+. The van der Waals surface area contributed by atoms with Crippen LogP contribution < -0.4 is 45.5 Å². The number of rotatable bonds is 4. The van der Waals surface area contributed by atoms with Gasteiger partial charge in [0, 0.05) is 25.9 Å². The molecule has 0 aliphatic carbocycles. The predicted molar refractivity (Wildman–Crippen MR) is 113 cm³/mol. The Hall–Kier alpha value is -0.720. The molecule has 0 heterocycles. The molecule has 3 N–H and O–H groups in total. The van der Waals surface area contributed by atoms with Crippen LogP contribution in [0.5, 0.6) is 0 Å². The molecule has 134 valence electrons. The van der Waals surface area contributed by atoms with E-state index in [1.54, 1.807) is 12.1 Å². The molecule has 3 aromatic rings. The minimum absolute atomic E-state index is 0. The third kappa shape index (κ3) is 8.88. The van der Waals surface area contributed by atoms with Crippen LogP contribution in [0.15, 0.2) is 87.8 Å². The van der Waals surface area contributed by atoms with Crippen LogP contribution in [0, 0.1) is 0 Å². The number of anilines is 2. The van der Waals surface area contributed by atoms with E-state index < -0.39 is 13.8 Å². The van der Waals surface area contributed by atoms with E-state index >= 15 is 0 Å². The Balaban J connectivity index is 0.000000342. The summed E-state index contributed by atoms with van der Waals surface area (Å²) >= 11 is 6.63. The van der Waals surface area contributed by atoms with E-state index in [-0.39, 0.29) is 29.6 Å². The van der Waals surface area contributed by atoms with Gasteiger partial charge in [0.2, 0.25) is 5.78 Å². The topological polar surface area (TPSA) is 78.2 Å². The Kier molecular flexibility index (Phi) is 11.4. The number of halogens is 2. The zero-order chi connectivity index (χ0) is 18.9. The van der Waals surface area contributed by atoms with E-state index in [9.17, 15) is 9.46 Å². The van der Waals surface area contributed by atoms with E-state index in [1.807, 2.05) is 66.7 Å². The molecule has 0 saturated heterocycles. The molecule has 3 rings (SSSR count). The fourth-order valence-corrected chi connectivity index (χ4v) is 3.26. The van der Waals surface area contributed by atoms with Gasteiger partial charge in [0.05, 0.1) is 0 Å². The maximum absolute atomic E-state index is 11.3. The first-order chi connectivity index (χ1) is 12.5. The van der Waals surface area contributed by atoms with Crippen molar-refractivity contribution >= 4 is 51.3 Å². The molecule has 0 spiro atoms. The van der Waals surface area contributed by atoms with E-state index in [2.05, 4.69) is 37.2 Å². The fourth-order valence-electron chi connectivity index (χ4n) is 2.06. The first-order valence-electron chi connectivity index (χ1n) is 7.67. The Morgan fingerprint density at radius 1 is 0.852 bits per heavy atom. The molecule has 0 aliphatic rings. The molecule has 0 aliphatic heterocycles. The van der Waals surface area contributed by atoms with Crippen molar-refractivity contribution in [1.29, 1.82) is 0 Å². The maximum Gasteiger partial charge on any atom is 1.00 e. The molecule has 0 bridgehead atoms. The Labute approximate surface area is 199 Å². The van der Waals surface area contributed by atoms with Crippen LogP contribution in [-0.2, 0) is 4.57 Å². The normalized spacial score (nSPS) is 11.3. The second-order valence-corrected chi connectivity index (χ2v) is 8.22. The van der Waals surface area contributed by atoms with Gasteiger partial charge in [-0.2, -0.15) is 0 Å².